The molecule has 1 atom stereocenters. The van der Waals surface area contributed by atoms with E-state index in [0.29, 0.717) is 11.3 Å². The van der Waals surface area contributed by atoms with Crippen LogP contribution < -0.4 is 0 Å². The van der Waals surface area contributed by atoms with E-state index in [-0.39, 0.29) is 5.78 Å². The average Bonchev–Trinajstić information content (AvgIpc) is 2.40. The van der Waals surface area contributed by atoms with Gasteiger partial charge in [-0.3, -0.25) is 9.78 Å². The van der Waals surface area contributed by atoms with E-state index in [1.807, 2.05) is 32.0 Å². The summed E-state index contributed by atoms with van der Waals surface area (Å²) in [7, 11) is 0. The number of carbonyl (C=O) groups excluding carboxylic acids is 1. The second kappa shape index (κ2) is 5.45. The van der Waals surface area contributed by atoms with E-state index in [1.54, 1.807) is 30.5 Å². The van der Waals surface area contributed by atoms with Crippen LogP contribution in [0.15, 0.2) is 42.6 Å². The van der Waals surface area contributed by atoms with Crippen molar-refractivity contribution >= 4 is 5.78 Å². The molecule has 0 radical (unpaired) electrons. The van der Waals surface area contributed by atoms with Crippen LogP contribution in [-0.4, -0.2) is 10.8 Å². The third kappa shape index (κ3) is 2.69. The maximum Gasteiger partial charge on any atom is 0.186 e. The van der Waals surface area contributed by atoms with Gasteiger partial charge in [0, 0.05) is 11.8 Å². The predicted molar refractivity (Wildman–Crippen MR) is 72.8 cm³/mol. The lowest BCUT2D eigenvalue weighted by Crippen LogP contribution is -2.13. The smallest absolute Gasteiger partial charge is 0.186 e. The molecule has 2 rings (SSSR count). The van der Waals surface area contributed by atoms with E-state index in [2.05, 4.69) is 4.98 Å². The van der Waals surface area contributed by atoms with Gasteiger partial charge in [-0.1, -0.05) is 29.8 Å². The zero-order chi connectivity index (χ0) is 13.8. The molecule has 0 amide bonds. The summed E-state index contributed by atoms with van der Waals surface area (Å²) in [5, 5.41) is 9.25. The molecule has 0 N–H and O–H groups in total. The van der Waals surface area contributed by atoms with Crippen molar-refractivity contribution in [2.45, 2.75) is 19.8 Å². The van der Waals surface area contributed by atoms with Crippen molar-refractivity contribution in [3.63, 3.8) is 0 Å². The second-order valence-electron chi connectivity index (χ2n) is 4.50. The van der Waals surface area contributed by atoms with Gasteiger partial charge in [0.25, 0.3) is 0 Å². The Morgan fingerprint density at radius 1 is 1.26 bits per heavy atom. The highest BCUT2D eigenvalue weighted by atomic mass is 16.1. The van der Waals surface area contributed by atoms with Crippen molar-refractivity contribution < 1.29 is 4.79 Å². The van der Waals surface area contributed by atoms with Gasteiger partial charge in [0.1, 0.15) is 0 Å². The lowest BCUT2D eigenvalue weighted by atomic mass is 9.92. The first-order valence-corrected chi connectivity index (χ1v) is 6.05. The first-order valence-electron chi connectivity index (χ1n) is 6.05. The number of aryl methyl sites for hydroxylation is 2. The van der Waals surface area contributed by atoms with Gasteiger partial charge in [0.2, 0.25) is 0 Å². The maximum absolute atomic E-state index is 12.4. The summed E-state index contributed by atoms with van der Waals surface area (Å²) >= 11 is 0. The van der Waals surface area contributed by atoms with Crippen molar-refractivity contribution in [2.75, 3.05) is 0 Å². The fourth-order valence-corrected chi connectivity index (χ4v) is 2.05. The molecule has 0 aliphatic heterocycles. The van der Waals surface area contributed by atoms with Gasteiger partial charge in [-0.25, -0.2) is 0 Å². The van der Waals surface area contributed by atoms with Gasteiger partial charge >= 0.3 is 0 Å². The quantitative estimate of drug-likeness (QED) is 0.786. The summed E-state index contributed by atoms with van der Waals surface area (Å²) in [5.74, 6) is -1.04. The highest BCUT2D eigenvalue weighted by Gasteiger charge is 2.23. The first-order chi connectivity index (χ1) is 9.13. The van der Waals surface area contributed by atoms with Gasteiger partial charge < -0.3 is 0 Å². The number of benzene rings is 1. The first kappa shape index (κ1) is 13.0. The topological polar surface area (TPSA) is 53.8 Å². The number of hydrogen-bond donors (Lipinski definition) is 0. The monoisotopic (exact) mass is 250 g/mol. The zero-order valence-corrected chi connectivity index (χ0v) is 10.9. The van der Waals surface area contributed by atoms with Crippen LogP contribution >= 0.6 is 0 Å². The van der Waals surface area contributed by atoms with Crippen molar-refractivity contribution in [2.24, 2.45) is 0 Å². The molecule has 0 saturated carbocycles. The Kier molecular flexibility index (Phi) is 3.72. The molecule has 0 aliphatic carbocycles. The Labute approximate surface area is 112 Å². The third-order valence-corrected chi connectivity index (χ3v) is 3.02. The third-order valence-electron chi connectivity index (χ3n) is 3.02. The van der Waals surface area contributed by atoms with Gasteiger partial charge in [0.15, 0.2) is 11.7 Å². The summed E-state index contributed by atoms with van der Waals surface area (Å²) < 4.78 is 0. The molecule has 1 aromatic carbocycles. The molecule has 0 saturated heterocycles. The van der Waals surface area contributed by atoms with E-state index >= 15 is 0 Å². The molecule has 3 heteroatoms. The fourth-order valence-electron chi connectivity index (χ4n) is 2.05. The molecule has 1 heterocycles. The van der Waals surface area contributed by atoms with Crippen LogP contribution in [0.3, 0.4) is 0 Å². The Hall–Kier alpha value is -2.47. The lowest BCUT2D eigenvalue weighted by molar-refractivity contribution is 0.0977. The number of aromatic nitrogens is 1. The molecule has 0 fully saturated rings. The maximum atomic E-state index is 12.4. The molecule has 19 heavy (non-hydrogen) atoms. The van der Waals surface area contributed by atoms with Crippen LogP contribution in [0, 0.1) is 25.2 Å². The lowest BCUT2D eigenvalue weighted by Gasteiger charge is -2.10. The van der Waals surface area contributed by atoms with Crippen LogP contribution in [-0.2, 0) is 0 Å². The van der Waals surface area contributed by atoms with E-state index in [4.69, 9.17) is 0 Å². The van der Waals surface area contributed by atoms with Crippen molar-refractivity contribution in [3.8, 4) is 6.07 Å². The molecule has 3 nitrogen and oxygen atoms in total. The zero-order valence-electron chi connectivity index (χ0n) is 10.9. The van der Waals surface area contributed by atoms with E-state index < -0.39 is 5.92 Å². The van der Waals surface area contributed by atoms with Crippen LogP contribution in [0.25, 0.3) is 0 Å². The number of hydrogen-bond acceptors (Lipinski definition) is 3. The van der Waals surface area contributed by atoms with Gasteiger partial charge in [-0.2, -0.15) is 5.26 Å². The van der Waals surface area contributed by atoms with Crippen LogP contribution in [0.4, 0.5) is 0 Å². The summed E-state index contributed by atoms with van der Waals surface area (Å²) in [4.78, 5) is 16.5. The molecule has 1 unspecified atom stereocenters. The molecule has 1 aromatic heterocycles. The number of Topliss-reactive ketones (excluding diaryl/α,β-unsaturated/α-hetero) is 1. The van der Waals surface area contributed by atoms with Gasteiger partial charge in [-0.05, 0) is 31.5 Å². The number of rotatable bonds is 3. The number of ketones is 1. The molecule has 0 bridgehead atoms. The Morgan fingerprint density at radius 3 is 2.63 bits per heavy atom. The van der Waals surface area contributed by atoms with Crippen molar-refractivity contribution in [1.82, 2.24) is 4.98 Å². The average molecular weight is 250 g/mol. The van der Waals surface area contributed by atoms with E-state index in [9.17, 15) is 10.1 Å². The van der Waals surface area contributed by atoms with Crippen molar-refractivity contribution in [1.29, 1.82) is 5.26 Å². The summed E-state index contributed by atoms with van der Waals surface area (Å²) in [6.45, 7) is 3.86. The summed E-state index contributed by atoms with van der Waals surface area (Å²) in [5.41, 5.74) is 3.07. The van der Waals surface area contributed by atoms with E-state index in [1.165, 1.54) is 0 Å². The highest BCUT2D eigenvalue weighted by Crippen LogP contribution is 2.21. The van der Waals surface area contributed by atoms with Gasteiger partial charge in [-0.15, -0.1) is 0 Å². The molecular formula is C16H14N2O. The minimum atomic E-state index is -0.845. The van der Waals surface area contributed by atoms with Crippen LogP contribution in [0.1, 0.15) is 33.1 Å². The second-order valence-corrected chi connectivity index (χ2v) is 4.50. The SMILES string of the molecule is Cc1ccc(C(=O)C(C#N)c2ccccn2)c(C)c1. The number of pyridine rings is 1. The number of nitriles is 1. The molecule has 0 aliphatic rings. The van der Waals surface area contributed by atoms with Gasteiger partial charge in [0.05, 0.1) is 11.8 Å². The fraction of sp³-hybridized carbons (Fsp3) is 0.188. The molecule has 2 aromatic rings. The number of carbonyl (C=O) groups is 1. The Balaban J connectivity index is 2.40. The predicted octanol–water partition coefficient (Wildman–Crippen LogP) is 3.19. The highest BCUT2D eigenvalue weighted by molar-refractivity contribution is 6.03. The summed E-state index contributed by atoms with van der Waals surface area (Å²) in [6.07, 6.45) is 1.59. The molecular weight excluding hydrogens is 236 g/mol. The standard InChI is InChI=1S/C16H14N2O/c1-11-6-7-13(12(2)9-11)16(19)14(10-17)15-5-3-4-8-18-15/h3-9,14H,1-2H3. The Morgan fingerprint density at radius 2 is 2.05 bits per heavy atom. The largest absolute Gasteiger partial charge is 0.292 e. The van der Waals surface area contributed by atoms with E-state index in [0.717, 1.165) is 11.1 Å². The number of nitrogens with zero attached hydrogens (tertiary/aromatic N) is 2. The minimum absolute atomic E-state index is 0.196. The van der Waals surface area contributed by atoms with Crippen LogP contribution in [0.5, 0.6) is 0 Å². The summed E-state index contributed by atoms with van der Waals surface area (Å²) in [6, 6.07) is 12.9. The molecule has 0 spiro atoms. The van der Waals surface area contributed by atoms with Crippen molar-refractivity contribution in [3.05, 3.63) is 65.0 Å². The normalized spacial score (nSPS) is 11.6. The Bertz CT molecular complexity index is 642. The molecule has 94 valence electrons. The van der Waals surface area contributed by atoms with Crippen LogP contribution in [0.2, 0.25) is 0 Å². The minimum Gasteiger partial charge on any atom is -0.292 e.